The highest BCUT2D eigenvalue weighted by Gasteiger charge is 2.08. The number of benzene rings is 3. The number of hydrogen-bond donors (Lipinski definition) is 1. The van der Waals surface area contributed by atoms with Crippen molar-refractivity contribution in [1.29, 1.82) is 0 Å². The van der Waals surface area contributed by atoms with Crippen molar-refractivity contribution in [3.8, 4) is 5.75 Å². The molecule has 1 amide bonds. The minimum absolute atomic E-state index is 0.00199. The molecule has 0 heterocycles. The molecular formula is C23H20BrN3O5. The van der Waals surface area contributed by atoms with Gasteiger partial charge in [-0.05, 0) is 64.3 Å². The molecule has 0 aliphatic rings. The second-order valence-electron chi connectivity index (χ2n) is 6.83. The summed E-state index contributed by atoms with van der Waals surface area (Å²) in [6, 6.07) is 18.9. The van der Waals surface area contributed by atoms with Crippen molar-refractivity contribution in [3.05, 3.63) is 98.0 Å². The molecule has 9 heteroatoms. The van der Waals surface area contributed by atoms with E-state index in [0.717, 1.165) is 11.1 Å². The fourth-order valence-electron chi connectivity index (χ4n) is 2.66. The number of oxime groups is 1. The van der Waals surface area contributed by atoms with Crippen LogP contribution in [0.25, 0.3) is 0 Å². The van der Waals surface area contributed by atoms with Crippen LogP contribution in [-0.2, 0) is 16.2 Å². The fraction of sp³-hybridized carbons (Fsp3) is 0.130. The van der Waals surface area contributed by atoms with Gasteiger partial charge in [-0.1, -0.05) is 35.0 Å². The van der Waals surface area contributed by atoms with E-state index < -0.39 is 4.92 Å². The lowest BCUT2D eigenvalue weighted by molar-refractivity contribution is -0.384. The Morgan fingerprint density at radius 2 is 1.94 bits per heavy atom. The van der Waals surface area contributed by atoms with E-state index in [4.69, 9.17) is 9.57 Å². The number of rotatable bonds is 9. The lowest BCUT2D eigenvalue weighted by Crippen LogP contribution is -2.20. The first-order valence-corrected chi connectivity index (χ1v) is 10.4. The highest BCUT2D eigenvalue weighted by atomic mass is 79.9. The van der Waals surface area contributed by atoms with Gasteiger partial charge >= 0.3 is 0 Å². The molecule has 0 aliphatic carbocycles. The smallest absolute Gasteiger partial charge is 0.269 e. The Morgan fingerprint density at radius 1 is 1.16 bits per heavy atom. The van der Waals surface area contributed by atoms with Gasteiger partial charge in [0.2, 0.25) is 0 Å². The molecule has 0 saturated heterocycles. The van der Waals surface area contributed by atoms with E-state index in [2.05, 4.69) is 26.4 Å². The monoisotopic (exact) mass is 497 g/mol. The van der Waals surface area contributed by atoms with Crippen molar-refractivity contribution in [1.82, 2.24) is 0 Å². The van der Waals surface area contributed by atoms with E-state index >= 15 is 0 Å². The van der Waals surface area contributed by atoms with Crippen molar-refractivity contribution in [2.75, 3.05) is 11.9 Å². The van der Waals surface area contributed by atoms with Gasteiger partial charge in [0, 0.05) is 17.8 Å². The van der Waals surface area contributed by atoms with Gasteiger partial charge < -0.3 is 14.9 Å². The normalized spacial score (nSPS) is 10.7. The highest BCUT2D eigenvalue weighted by Crippen LogP contribution is 2.25. The number of halogens is 1. The number of hydrogen-bond acceptors (Lipinski definition) is 6. The lowest BCUT2D eigenvalue weighted by Gasteiger charge is -2.09. The van der Waals surface area contributed by atoms with Crippen LogP contribution in [0.3, 0.4) is 0 Å². The number of nitro benzene ring substituents is 1. The molecule has 0 fully saturated rings. The van der Waals surface area contributed by atoms with Crippen LogP contribution in [0, 0.1) is 17.0 Å². The van der Waals surface area contributed by atoms with Crippen LogP contribution < -0.4 is 10.1 Å². The third kappa shape index (κ3) is 6.92. The Kier molecular flexibility index (Phi) is 7.93. The number of amides is 1. The van der Waals surface area contributed by atoms with Gasteiger partial charge in [-0.25, -0.2) is 0 Å². The molecule has 0 atom stereocenters. The molecule has 164 valence electrons. The maximum absolute atomic E-state index is 12.1. The van der Waals surface area contributed by atoms with Crippen LogP contribution in [-0.4, -0.2) is 23.7 Å². The molecule has 3 aromatic rings. The standard InChI is InChI=1S/C23H20BrN3O5/c1-16-5-8-19(9-6-16)26-23(28)15-31-22-10-7-17(12-21(22)24)13-25-32-14-18-3-2-4-20(11-18)27(29)30/h2-13H,14-15H2,1H3,(H,26,28)/b25-13-. The van der Waals surface area contributed by atoms with Crippen molar-refractivity contribution >= 4 is 39.4 Å². The Bertz CT molecular complexity index is 1130. The minimum atomic E-state index is -0.458. The van der Waals surface area contributed by atoms with Crippen LogP contribution in [0.5, 0.6) is 5.75 Å². The predicted octanol–water partition coefficient (Wildman–Crippen LogP) is 5.23. The molecular weight excluding hydrogens is 478 g/mol. The number of carbonyl (C=O) groups is 1. The molecule has 0 aromatic heterocycles. The quantitative estimate of drug-likeness (QED) is 0.247. The molecule has 1 N–H and O–H groups in total. The van der Waals surface area contributed by atoms with Gasteiger partial charge in [0.25, 0.3) is 11.6 Å². The van der Waals surface area contributed by atoms with Gasteiger partial charge in [0.05, 0.1) is 15.6 Å². The highest BCUT2D eigenvalue weighted by molar-refractivity contribution is 9.10. The molecule has 0 unspecified atom stereocenters. The SMILES string of the molecule is Cc1ccc(NC(=O)COc2ccc(/C=N\OCc3cccc([N+](=O)[O-])c3)cc2Br)cc1. The summed E-state index contributed by atoms with van der Waals surface area (Å²) in [4.78, 5) is 27.6. The van der Waals surface area contributed by atoms with Gasteiger partial charge in [0.15, 0.2) is 6.61 Å². The van der Waals surface area contributed by atoms with E-state index in [0.29, 0.717) is 21.5 Å². The first-order valence-electron chi connectivity index (χ1n) is 9.58. The van der Waals surface area contributed by atoms with Gasteiger partial charge in [-0.2, -0.15) is 0 Å². The van der Waals surface area contributed by atoms with E-state index in [1.54, 1.807) is 30.3 Å². The Morgan fingerprint density at radius 3 is 2.66 bits per heavy atom. The molecule has 32 heavy (non-hydrogen) atoms. The van der Waals surface area contributed by atoms with Crippen LogP contribution in [0.2, 0.25) is 0 Å². The second-order valence-corrected chi connectivity index (χ2v) is 7.68. The molecule has 8 nitrogen and oxygen atoms in total. The summed E-state index contributed by atoms with van der Waals surface area (Å²) in [7, 11) is 0. The van der Waals surface area contributed by atoms with E-state index in [9.17, 15) is 14.9 Å². The van der Waals surface area contributed by atoms with Crippen molar-refractivity contribution in [2.45, 2.75) is 13.5 Å². The molecule has 0 saturated carbocycles. The number of nitrogens with one attached hydrogen (secondary N) is 1. The summed E-state index contributed by atoms with van der Waals surface area (Å²) in [5.41, 5.74) is 3.21. The fourth-order valence-corrected chi connectivity index (χ4v) is 3.17. The van der Waals surface area contributed by atoms with E-state index in [-0.39, 0.29) is 24.8 Å². The maximum atomic E-state index is 12.1. The summed E-state index contributed by atoms with van der Waals surface area (Å²) in [6.07, 6.45) is 1.51. The first kappa shape index (κ1) is 23.0. The molecule has 0 spiro atoms. The summed E-state index contributed by atoms with van der Waals surface area (Å²) < 4.78 is 6.23. The number of ether oxygens (including phenoxy) is 1. The second kappa shape index (κ2) is 11.1. The summed E-state index contributed by atoms with van der Waals surface area (Å²) in [6.45, 7) is 1.95. The van der Waals surface area contributed by atoms with Gasteiger partial charge in [-0.3, -0.25) is 14.9 Å². The summed E-state index contributed by atoms with van der Waals surface area (Å²) >= 11 is 3.42. The zero-order valence-corrected chi connectivity index (χ0v) is 18.7. The maximum Gasteiger partial charge on any atom is 0.269 e. The topological polar surface area (TPSA) is 103 Å². The lowest BCUT2D eigenvalue weighted by atomic mass is 10.2. The summed E-state index contributed by atoms with van der Waals surface area (Å²) in [5, 5.41) is 17.5. The Balaban J connectivity index is 1.48. The Labute approximate surface area is 193 Å². The number of non-ortho nitro benzene ring substituents is 1. The number of carbonyl (C=O) groups excluding carboxylic acids is 1. The third-order valence-corrected chi connectivity index (χ3v) is 4.90. The first-order chi connectivity index (χ1) is 15.4. The number of anilines is 1. The van der Waals surface area contributed by atoms with Crippen LogP contribution >= 0.6 is 15.9 Å². The average Bonchev–Trinajstić information content (AvgIpc) is 2.78. The van der Waals surface area contributed by atoms with E-state index in [1.165, 1.54) is 18.3 Å². The largest absolute Gasteiger partial charge is 0.483 e. The van der Waals surface area contributed by atoms with Crippen LogP contribution in [0.15, 0.2) is 76.4 Å². The number of nitro groups is 1. The van der Waals surface area contributed by atoms with Crippen molar-refractivity contribution in [2.24, 2.45) is 5.16 Å². The molecule has 3 rings (SSSR count). The molecule has 0 bridgehead atoms. The molecule has 3 aromatic carbocycles. The van der Waals surface area contributed by atoms with Gasteiger partial charge in [-0.15, -0.1) is 0 Å². The van der Waals surface area contributed by atoms with Crippen LogP contribution in [0.1, 0.15) is 16.7 Å². The van der Waals surface area contributed by atoms with E-state index in [1.807, 2.05) is 31.2 Å². The zero-order valence-electron chi connectivity index (χ0n) is 17.2. The minimum Gasteiger partial charge on any atom is -0.483 e. The third-order valence-electron chi connectivity index (χ3n) is 4.28. The van der Waals surface area contributed by atoms with Crippen molar-refractivity contribution < 1.29 is 19.3 Å². The predicted molar refractivity (Wildman–Crippen MR) is 125 cm³/mol. The molecule has 0 radical (unpaired) electrons. The molecule has 0 aliphatic heterocycles. The van der Waals surface area contributed by atoms with Crippen LogP contribution in [0.4, 0.5) is 11.4 Å². The Hall–Kier alpha value is -3.72. The van der Waals surface area contributed by atoms with Gasteiger partial charge in [0.1, 0.15) is 12.4 Å². The zero-order chi connectivity index (χ0) is 22.9. The van der Waals surface area contributed by atoms with Crippen molar-refractivity contribution in [3.63, 3.8) is 0 Å². The number of aryl methyl sites for hydroxylation is 1. The summed E-state index contributed by atoms with van der Waals surface area (Å²) in [5.74, 6) is 0.250. The average molecular weight is 498 g/mol. The number of nitrogens with zero attached hydrogens (tertiary/aromatic N) is 2.